The maximum absolute atomic E-state index is 2.51. The van der Waals surface area contributed by atoms with Gasteiger partial charge in [0.15, 0.2) is 0 Å². The van der Waals surface area contributed by atoms with E-state index >= 15 is 0 Å². The van der Waals surface area contributed by atoms with Gasteiger partial charge in [0.25, 0.3) is 0 Å². The number of fused-ring (bicyclic) bond motifs is 2. The molecule has 43 heavy (non-hydrogen) atoms. The predicted octanol–water partition coefficient (Wildman–Crippen LogP) is 11.7. The van der Waals surface area contributed by atoms with Crippen LogP contribution in [0.15, 0.2) is 146 Å². The molecule has 0 unspecified atom stereocenters. The van der Waals surface area contributed by atoms with E-state index in [1.165, 1.54) is 88.2 Å². The molecule has 8 aromatic rings. The van der Waals surface area contributed by atoms with Gasteiger partial charge in [0, 0.05) is 28.6 Å². The third kappa shape index (κ3) is 3.46. The third-order valence-electron chi connectivity index (χ3n) is 9.33. The summed E-state index contributed by atoms with van der Waals surface area (Å²) in [7, 11) is 0. The smallest absolute Gasteiger partial charge is 0.0503 e. The molecule has 1 heteroatoms. The summed E-state index contributed by atoms with van der Waals surface area (Å²) in [6, 6.07) is 53.7. The predicted molar refractivity (Wildman–Crippen MR) is 185 cm³/mol. The normalized spacial score (nSPS) is 12.3. The number of benzene rings is 8. The molecule has 202 valence electrons. The van der Waals surface area contributed by atoms with Crippen LogP contribution < -0.4 is 4.90 Å². The Hall–Kier alpha value is -5.40. The van der Waals surface area contributed by atoms with Crippen LogP contribution in [0.5, 0.6) is 0 Å². The van der Waals surface area contributed by atoms with Crippen LogP contribution in [0.1, 0.15) is 6.92 Å². The second kappa shape index (κ2) is 9.31. The second-order valence-electron chi connectivity index (χ2n) is 11.5. The molecule has 0 N–H and O–H groups in total. The lowest BCUT2D eigenvalue weighted by Gasteiger charge is -2.34. The molecule has 0 fully saturated rings. The monoisotopic (exact) mass is 547 g/mol. The first-order valence-corrected chi connectivity index (χ1v) is 15.2. The van der Waals surface area contributed by atoms with Gasteiger partial charge in [-0.25, -0.2) is 0 Å². The highest BCUT2D eigenvalue weighted by molar-refractivity contribution is 6.35. The fourth-order valence-electron chi connectivity index (χ4n) is 7.48. The van der Waals surface area contributed by atoms with Crippen molar-refractivity contribution < 1.29 is 0 Å². The Morgan fingerprint density at radius 2 is 0.884 bits per heavy atom. The van der Waals surface area contributed by atoms with E-state index in [0.29, 0.717) is 0 Å². The highest BCUT2D eigenvalue weighted by atomic mass is 15.1. The maximum atomic E-state index is 2.51. The van der Waals surface area contributed by atoms with Gasteiger partial charge in [0.05, 0.1) is 5.69 Å². The summed E-state index contributed by atoms with van der Waals surface area (Å²) in [6.45, 7) is 3.17. The molecule has 1 nitrogen and oxygen atoms in total. The Kier molecular flexibility index (Phi) is 5.24. The first-order valence-electron chi connectivity index (χ1n) is 15.2. The van der Waals surface area contributed by atoms with E-state index in [9.17, 15) is 0 Å². The van der Waals surface area contributed by atoms with Gasteiger partial charge in [-0.3, -0.25) is 0 Å². The lowest BCUT2D eigenvalue weighted by Crippen LogP contribution is -2.20. The number of rotatable bonds is 4. The molecule has 8 aromatic carbocycles. The van der Waals surface area contributed by atoms with Gasteiger partial charge in [-0.1, -0.05) is 121 Å². The van der Waals surface area contributed by atoms with Crippen molar-refractivity contribution in [3.05, 3.63) is 146 Å². The molecule has 0 saturated carbocycles. The van der Waals surface area contributed by atoms with Crippen LogP contribution in [0.4, 0.5) is 11.4 Å². The van der Waals surface area contributed by atoms with Crippen molar-refractivity contribution in [1.82, 2.24) is 0 Å². The molecule has 0 amide bonds. The average Bonchev–Trinajstić information content (AvgIpc) is 3.08. The van der Waals surface area contributed by atoms with Crippen LogP contribution in [0.25, 0.3) is 76.8 Å². The van der Waals surface area contributed by atoms with Gasteiger partial charge in [-0.15, -0.1) is 0 Å². The minimum atomic E-state index is 0.902. The molecule has 1 aliphatic rings. The Bertz CT molecular complexity index is 2300. The number of anilines is 2. The van der Waals surface area contributed by atoms with Crippen molar-refractivity contribution >= 4 is 43.7 Å². The second-order valence-corrected chi connectivity index (χ2v) is 11.5. The van der Waals surface area contributed by atoms with Crippen molar-refractivity contribution in [1.29, 1.82) is 0 Å². The molecule has 0 saturated heterocycles. The molecule has 9 rings (SSSR count). The quantitative estimate of drug-likeness (QED) is 0.198. The van der Waals surface area contributed by atoms with Crippen molar-refractivity contribution in [3.63, 3.8) is 0 Å². The minimum Gasteiger partial charge on any atom is -0.341 e. The molecule has 0 aromatic heterocycles. The van der Waals surface area contributed by atoms with Gasteiger partial charge in [-0.2, -0.15) is 0 Å². The van der Waals surface area contributed by atoms with E-state index in [0.717, 1.165) is 6.54 Å². The number of para-hydroxylation sites is 1. The zero-order valence-electron chi connectivity index (χ0n) is 24.0. The number of hydrogen-bond acceptors (Lipinski definition) is 1. The van der Waals surface area contributed by atoms with Gasteiger partial charge < -0.3 is 4.90 Å². The molecule has 0 atom stereocenters. The van der Waals surface area contributed by atoms with E-state index in [1.54, 1.807) is 0 Å². The average molecular weight is 548 g/mol. The van der Waals surface area contributed by atoms with E-state index in [2.05, 4.69) is 157 Å². The lowest BCUT2D eigenvalue weighted by molar-refractivity contribution is 1.03. The van der Waals surface area contributed by atoms with Gasteiger partial charge in [0.2, 0.25) is 0 Å². The van der Waals surface area contributed by atoms with E-state index in [-0.39, 0.29) is 0 Å². The Balaban J connectivity index is 1.56. The molecule has 1 heterocycles. The summed E-state index contributed by atoms with van der Waals surface area (Å²) in [5.41, 5.74) is 12.8. The standard InChI is InChI=1S/C42H29N/c1-2-43-38-21-13-12-20-30(38)36-25-37-34(28-16-8-4-9-17-28)24-33(27-14-6-3-7-15-27)31-22-23-32-35(29-18-10-5-11-19-29)26-39(43)41(36)42(32)40(31)37/h3-26H,2H2,1H3. The molecule has 0 aliphatic carbocycles. The first-order chi connectivity index (χ1) is 21.3. The molecular weight excluding hydrogens is 518 g/mol. The van der Waals surface area contributed by atoms with E-state index in [1.807, 2.05) is 0 Å². The number of hydrogen-bond donors (Lipinski definition) is 0. The zero-order valence-corrected chi connectivity index (χ0v) is 24.0. The van der Waals surface area contributed by atoms with Crippen LogP contribution in [0.3, 0.4) is 0 Å². The fourth-order valence-corrected chi connectivity index (χ4v) is 7.48. The van der Waals surface area contributed by atoms with E-state index in [4.69, 9.17) is 0 Å². The Morgan fingerprint density at radius 3 is 1.49 bits per heavy atom. The highest BCUT2D eigenvalue weighted by Crippen LogP contribution is 2.55. The van der Waals surface area contributed by atoms with Crippen molar-refractivity contribution in [2.45, 2.75) is 6.92 Å². The Morgan fingerprint density at radius 1 is 0.372 bits per heavy atom. The molecule has 0 spiro atoms. The summed E-state index contributed by atoms with van der Waals surface area (Å²) < 4.78 is 0. The highest BCUT2D eigenvalue weighted by Gasteiger charge is 2.29. The zero-order chi connectivity index (χ0) is 28.5. The van der Waals surface area contributed by atoms with Crippen LogP contribution in [0.2, 0.25) is 0 Å². The summed E-state index contributed by atoms with van der Waals surface area (Å²) in [5.74, 6) is 0. The summed E-state index contributed by atoms with van der Waals surface area (Å²) in [4.78, 5) is 2.51. The first kappa shape index (κ1) is 24.2. The molecule has 0 radical (unpaired) electrons. The SMILES string of the molecule is CCN1c2ccccc2-c2cc3c(-c4ccccc4)cc(-c4ccccc4)c4ccc5c(-c6ccccc6)cc1c2c5c43. The maximum Gasteiger partial charge on any atom is 0.0503 e. The molecular formula is C42H29N. The summed E-state index contributed by atoms with van der Waals surface area (Å²) in [6.07, 6.45) is 0. The third-order valence-corrected chi connectivity index (χ3v) is 9.33. The largest absolute Gasteiger partial charge is 0.341 e. The van der Waals surface area contributed by atoms with Crippen LogP contribution in [0, 0.1) is 0 Å². The molecule has 1 aliphatic heterocycles. The van der Waals surface area contributed by atoms with Crippen LogP contribution >= 0.6 is 0 Å². The van der Waals surface area contributed by atoms with Crippen LogP contribution in [-0.4, -0.2) is 6.54 Å². The van der Waals surface area contributed by atoms with Crippen molar-refractivity contribution in [3.8, 4) is 44.5 Å². The van der Waals surface area contributed by atoms with E-state index < -0.39 is 0 Å². The Labute approximate surface area is 251 Å². The number of nitrogens with zero attached hydrogens (tertiary/aromatic N) is 1. The summed E-state index contributed by atoms with van der Waals surface area (Å²) >= 11 is 0. The minimum absolute atomic E-state index is 0.902. The summed E-state index contributed by atoms with van der Waals surface area (Å²) in [5, 5.41) is 8.00. The lowest BCUT2D eigenvalue weighted by atomic mass is 9.79. The fraction of sp³-hybridized carbons (Fsp3) is 0.0476. The van der Waals surface area contributed by atoms with Gasteiger partial charge in [-0.05, 0) is 91.7 Å². The van der Waals surface area contributed by atoms with Crippen molar-refractivity contribution in [2.24, 2.45) is 0 Å². The van der Waals surface area contributed by atoms with Gasteiger partial charge in [0.1, 0.15) is 0 Å². The topological polar surface area (TPSA) is 3.24 Å². The van der Waals surface area contributed by atoms with Gasteiger partial charge >= 0.3 is 0 Å². The van der Waals surface area contributed by atoms with Crippen molar-refractivity contribution in [2.75, 3.05) is 11.4 Å². The molecule has 0 bridgehead atoms. The van der Waals surface area contributed by atoms with Crippen LogP contribution in [-0.2, 0) is 0 Å².